The predicted molar refractivity (Wildman–Crippen MR) is 86.4 cm³/mol. The maximum atomic E-state index is 11.1. The second kappa shape index (κ2) is 6.21. The van der Waals surface area contributed by atoms with Gasteiger partial charge < -0.3 is 0 Å². The van der Waals surface area contributed by atoms with Crippen LogP contribution in [-0.4, -0.2) is 13.0 Å². The van der Waals surface area contributed by atoms with E-state index in [2.05, 4.69) is 0 Å². The van der Waals surface area contributed by atoms with E-state index in [4.69, 9.17) is 7.07 Å². The Balaban J connectivity index is 2.44. The Morgan fingerprint density at radius 1 is 0.850 bits per heavy atom. The van der Waals surface area contributed by atoms with Gasteiger partial charge in [-0.3, -0.25) is 0 Å². The summed E-state index contributed by atoms with van der Waals surface area (Å²) in [5, 5.41) is 0. The van der Waals surface area contributed by atoms with Crippen molar-refractivity contribution < 1.29 is 15.5 Å². The molecule has 0 spiro atoms. The average Bonchev–Trinajstić information content (AvgIpc) is 2.37. The van der Waals surface area contributed by atoms with Crippen molar-refractivity contribution in [2.24, 2.45) is 0 Å². The van der Waals surface area contributed by atoms with Gasteiger partial charge in [0.05, 0.1) is 0 Å². The summed E-state index contributed by atoms with van der Waals surface area (Å²) in [6.07, 6.45) is 0. The molecular formula is C14H15IO4S. The van der Waals surface area contributed by atoms with Crippen LogP contribution in [0.5, 0.6) is 0 Å². The molecule has 0 fully saturated rings. The molecule has 0 aromatic heterocycles. The summed E-state index contributed by atoms with van der Waals surface area (Å²) in [5.41, 5.74) is 2.17. The van der Waals surface area contributed by atoms with Crippen LogP contribution in [0.2, 0.25) is 0 Å². The minimum absolute atomic E-state index is 0.821. The molecule has 20 heavy (non-hydrogen) atoms. The van der Waals surface area contributed by atoms with Crippen molar-refractivity contribution in [3.05, 3.63) is 66.8 Å². The van der Waals surface area contributed by atoms with Gasteiger partial charge in [-0.1, -0.05) is 0 Å². The number of aryl methyl sites for hydroxylation is 2. The first-order valence-electron chi connectivity index (χ1n) is 5.86. The van der Waals surface area contributed by atoms with E-state index >= 15 is 0 Å². The van der Waals surface area contributed by atoms with Gasteiger partial charge in [0.15, 0.2) is 0 Å². The van der Waals surface area contributed by atoms with Gasteiger partial charge in [0.25, 0.3) is 0 Å². The molecule has 0 saturated carbocycles. The van der Waals surface area contributed by atoms with Crippen LogP contribution in [0.25, 0.3) is 0 Å². The fraction of sp³-hybridized carbons (Fsp3) is 0.143. The van der Waals surface area contributed by atoms with E-state index in [1.54, 1.807) is 0 Å². The number of hydrogen-bond donors (Lipinski definition) is 1. The van der Waals surface area contributed by atoms with Gasteiger partial charge in [-0.15, -0.1) is 0 Å². The number of halogens is 1. The van der Waals surface area contributed by atoms with Gasteiger partial charge in [0, 0.05) is 0 Å². The molecule has 0 heterocycles. The van der Waals surface area contributed by atoms with Gasteiger partial charge >= 0.3 is 127 Å². The summed E-state index contributed by atoms with van der Waals surface area (Å²) < 4.78 is 37.8. The molecule has 0 aliphatic heterocycles. The third-order valence-corrected chi connectivity index (χ3v) is 8.99. The van der Waals surface area contributed by atoms with Crippen molar-refractivity contribution in [3.63, 3.8) is 0 Å². The molecule has 4 nitrogen and oxygen atoms in total. The molecule has 0 atom stereocenters. The van der Waals surface area contributed by atoms with Crippen molar-refractivity contribution in [1.82, 2.24) is 0 Å². The van der Waals surface area contributed by atoms with Crippen LogP contribution in [0.15, 0.2) is 48.5 Å². The van der Waals surface area contributed by atoms with E-state index < -0.39 is 30.6 Å². The number of benzene rings is 2. The number of hydrogen-bond acceptors (Lipinski definition) is 3. The van der Waals surface area contributed by atoms with Crippen LogP contribution in [0.3, 0.4) is 0 Å². The Kier molecular flexibility index (Phi) is 4.79. The van der Waals surface area contributed by atoms with Gasteiger partial charge in [-0.2, -0.15) is 0 Å². The van der Waals surface area contributed by atoms with E-state index in [0.717, 1.165) is 18.3 Å². The Hall–Kier alpha value is -0.960. The molecular weight excluding hydrogens is 391 g/mol. The molecule has 2 rings (SSSR count). The third kappa shape index (κ3) is 4.27. The standard InChI is InChI=1S/C14H15IO4S/c1-11-3-7-13(8-4-11)15(19-20(16,17)18)14-9-5-12(2)6-10-14/h3-10H,1-2H3,(H,16,17,18). The zero-order chi connectivity index (χ0) is 14.8. The third-order valence-electron chi connectivity index (χ3n) is 2.56. The van der Waals surface area contributed by atoms with Crippen molar-refractivity contribution in [2.75, 3.05) is 0 Å². The molecule has 0 radical (unpaired) electrons. The minimum atomic E-state index is -4.47. The van der Waals surface area contributed by atoms with Crippen molar-refractivity contribution >= 4 is 30.6 Å². The molecule has 0 aliphatic rings. The molecule has 6 heteroatoms. The van der Waals surface area contributed by atoms with Crippen LogP contribution < -0.4 is 0 Å². The van der Waals surface area contributed by atoms with Crippen molar-refractivity contribution in [2.45, 2.75) is 13.8 Å². The van der Waals surface area contributed by atoms with E-state index in [9.17, 15) is 8.42 Å². The first-order valence-corrected chi connectivity index (χ1v) is 10.3. The summed E-state index contributed by atoms with van der Waals surface area (Å²) in [6, 6.07) is 15.0. The maximum absolute atomic E-state index is 11.1. The van der Waals surface area contributed by atoms with E-state index in [-0.39, 0.29) is 0 Å². The van der Waals surface area contributed by atoms with Crippen LogP contribution in [0, 0.1) is 21.0 Å². The van der Waals surface area contributed by atoms with Crippen LogP contribution in [0.4, 0.5) is 0 Å². The Morgan fingerprint density at radius 2 is 1.20 bits per heavy atom. The summed E-state index contributed by atoms with van der Waals surface area (Å²) >= 11 is -2.66. The fourth-order valence-corrected chi connectivity index (χ4v) is 7.23. The van der Waals surface area contributed by atoms with Crippen molar-refractivity contribution in [3.8, 4) is 0 Å². The first-order chi connectivity index (χ1) is 9.35. The zero-order valence-electron chi connectivity index (χ0n) is 11.1. The molecule has 0 saturated heterocycles. The molecule has 2 aromatic rings. The summed E-state index contributed by atoms with van der Waals surface area (Å²) in [7, 11) is -4.47. The predicted octanol–water partition coefficient (Wildman–Crippen LogP) is 3.58. The summed E-state index contributed by atoms with van der Waals surface area (Å²) in [5.74, 6) is 0. The quantitative estimate of drug-likeness (QED) is 0.623. The molecule has 0 aliphatic carbocycles. The van der Waals surface area contributed by atoms with Gasteiger partial charge in [0.2, 0.25) is 0 Å². The van der Waals surface area contributed by atoms with E-state index in [1.807, 2.05) is 62.4 Å². The Labute approximate surface area is 126 Å². The normalized spacial score (nSPS) is 12.2. The van der Waals surface area contributed by atoms with E-state index in [0.29, 0.717) is 0 Å². The Bertz CT molecular complexity index is 633. The second-order valence-corrected chi connectivity index (χ2v) is 10.3. The monoisotopic (exact) mass is 406 g/mol. The first kappa shape index (κ1) is 15.4. The van der Waals surface area contributed by atoms with Crippen LogP contribution >= 0.6 is 20.2 Å². The summed E-state index contributed by atoms with van der Waals surface area (Å²) in [6.45, 7) is 3.91. The topological polar surface area (TPSA) is 63.6 Å². The average molecular weight is 406 g/mol. The SMILES string of the molecule is Cc1ccc(I(OS(=O)(=O)O)c2ccc(C)cc2)cc1. The fourth-order valence-electron chi connectivity index (χ4n) is 1.57. The van der Waals surface area contributed by atoms with Crippen molar-refractivity contribution in [1.29, 1.82) is 0 Å². The molecule has 2 aromatic carbocycles. The molecule has 0 bridgehead atoms. The van der Waals surface area contributed by atoms with Crippen LogP contribution in [-0.2, 0) is 12.9 Å². The molecule has 0 amide bonds. The molecule has 1 N–H and O–H groups in total. The van der Waals surface area contributed by atoms with Gasteiger partial charge in [-0.05, 0) is 0 Å². The van der Waals surface area contributed by atoms with Crippen LogP contribution in [0.1, 0.15) is 11.1 Å². The van der Waals surface area contributed by atoms with E-state index in [1.165, 1.54) is 0 Å². The molecule has 0 unspecified atom stereocenters. The Morgan fingerprint density at radius 3 is 1.50 bits per heavy atom. The second-order valence-electron chi connectivity index (χ2n) is 4.33. The summed E-state index contributed by atoms with van der Waals surface area (Å²) in [4.78, 5) is 0. The molecule has 108 valence electrons. The zero-order valence-corrected chi connectivity index (χ0v) is 14.1. The van der Waals surface area contributed by atoms with Gasteiger partial charge in [0.1, 0.15) is 0 Å². The van der Waals surface area contributed by atoms with Gasteiger partial charge in [-0.25, -0.2) is 0 Å². The number of rotatable bonds is 4.